The van der Waals surface area contributed by atoms with Gasteiger partial charge < -0.3 is 4.90 Å². The van der Waals surface area contributed by atoms with Crippen molar-refractivity contribution in [1.29, 1.82) is 0 Å². The van der Waals surface area contributed by atoms with Crippen LogP contribution >= 0.6 is 27.7 Å². The Balaban J connectivity index is 2.13. The molecule has 0 aromatic heterocycles. The van der Waals surface area contributed by atoms with E-state index in [1.54, 1.807) is 0 Å². The Hall–Kier alpha value is -0.860. The number of nitrogens with zero attached hydrogens (tertiary/aromatic N) is 2. The van der Waals surface area contributed by atoms with Crippen LogP contribution in [0, 0.1) is 19.3 Å². The van der Waals surface area contributed by atoms with Gasteiger partial charge in [0, 0.05) is 20.8 Å². The number of halogens is 1. The van der Waals surface area contributed by atoms with Crippen LogP contribution < -0.4 is 4.90 Å². The molecule has 0 N–H and O–H groups in total. The molecule has 2 heterocycles. The molecular weight excluding hydrogens is 436 g/mol. The summed E-state index contributed by atoms with van der Waals surface area (Å²) in [4.78, 5) is 18.9. The first kappa shape index (κ1) is 19.9. The predicted molar refractivity (Wildman–Crippen MR) is 112 cm³/mol. The second-order valence-electron chi connectivity index (χ2n) is 8.01. The maximum Gasteiger partial charge on any atom is 0.253 e. The lowest BCUT2D eigenvalue weighted by molar-refractivity contribution is -0.124. The minimum absolute atomic E-state index is 0.0889. The average Bonchev–Trinajstić information content (AvgIpc) is 2.90. The van der Waals surface area contributed by atoms with Crippen LogP contribution in [0.3, 0.4) is 0 Å². The van der Waals surface area contributed by atoms with Crippen LogP contribution in [-0.4, -0.2) is 42.3 Å². The summed E-state index contributed by atoms with van der Waals surface area (Å²) in [6, 6.07) is 3.83. The molecule has 2 aliphatic heterocycles. The number of fused-ring (bicyclic) bond motifs is 1. The zero-order chi connectivity index (χ0) is 19.4. The Morgan fingerprint density at radius 3 is 2.35 bits per heavy atom. The van der Waals surface area contributed by atoms with Gasteiger partial charge in [0.15, 0.2) is 15.0 Å². The van der Waals surface area contributed by atoms with Crippen molar-refractivity contribution in [2.24, 2.45) is 10.4 Å². The van der Waals surface area contributed by atoms with Crippen molar-refractivity contribution in [3.8, 4) is 0 Å². The predicted octanol–water partition coefficient (Wildman–Crippen LogP) is 3.71. The van der Waals surface area contributed by atoms with E-state index >= 15 is 0 Å². The molecule has 3 rings (SSSR count). The van der Waals surface area contributed by atoms with Crippen molar-refractivity contribution in [3.63, 3.8) is 0 Å². The van der Waals surface area contributed by atoms with Crippen molar-refractivity contribution in [2.75, 3.05) is 16.4 Å². The molecule has 5 nitrogen and oxygen atoms in total. The maximum absolute atomic E-state index is 12.5. The summed E-state index contributed by atoms with van der Waals surface area (Å²) in [5.41, 5.74) is 2.43. The molecule has 0 spiro atoms. The highest BCUT2D eigenvalue weighted by Gasteiger charge is 2.50. The van der Waals surface area contributed by atoms with Gasteiger partial charge in [0.2, 0.25) is 0 Å². The second kappa shape index (κ2) is 6.63. The van der Waals surface area contributed by atoms with Crippen LogP contribution in [-0.2, 0) is 14.6 Å². The van der Waals surface area contributed by atoms with Crippen molar-refractivity contribution in [2.45, 2.75) is 45.9 Å². The molecule has 1 aromatic carbocycles. The number of anilines is 1. The summed E-state index contributed by atoms with van der Waals surface area (Å²) in [7, 11) is -3.07. The fourth-order valence-corrected chi connectivity index (χ4v) is 7.95. The molecule has 2 aliphatic rings. The largest absolute Gasteiger partial charge is 0.315 e. The zero-order valence-corrected chi connectivity index (χ0v) is 18.8. The minimum atomic E-state index is -3.07. The molecule has 2 saturated heterocycles. The molecule has 8 heteroatoms. The van der Waals surface area contributed by atoms with Gasteiger partial charge in [0.25, 0.3) is 5.91 Å². The highest BCUT2D eigenvalue weighted by Crippen LogP contribution is 2.43. The number of rotatable bonds is 1. The minimum Gasteiger partial charge on any atom is -0.315 e. The number of sulfone groups is 1. The highest BCUT2D eigenvalue weighted by molar-refractivity contribution is 9.10. The third-order valence-corrected chi connectivity index (χ3v) is 8.27. The van der Waals surface area contributed by atoms with Gasteiger partial charge in [-0.25, -0.2) is 8.42 Å². The van der Waals surface area contributed by atoms with E-state index in [-0.39, 0.29) is 28.7 Å². The number of carbonyl (C=O) groups is 1. The number of carbonyl (C=O) groups excluding carboxylic acids is 1. The van der Waals surface area contributed by atoms with Crippen LogP contribution in [0.2, 0.25) is 0 Å². The number of thioether (sulfide) groups is 1. The molecule has 26 heavy (non-hydrogen) atoms. The Labute approximate surface area is 167 Å². The smallest absolute Gasteiger partial charge is 0.253 e. The monoisotopic (exact) mass is 458 g/mol. The maximum atomic E-state index is 12.5. The van der Waals surface area contributed by atoms with E-state index in [0.717, 1.165) is 21.3 Å². The number of benzene rings is 1. The molecule has 2 atom stereocenters. The number of amidine groups is 1. The van der Waals surface area contributed by atoms with Gasteiger partial charge in [0.05, 0.1) is 17.5 Å². The second-order valence-corrected chi connectivity index (χ2v) is 12.3. The van der Waals surface area contributed by atoms with Crippen molar-refractivity contribution >= 4 is 54.3 Å². The molecule has 0 aliphatic carbocycles. The van der Waals surface area contributed by atoms with Gasteiger partial charge in [-0.2, -0.15) is 4.99 Å². The van der Waals surface area contributed by atoms with Crippen molar-refractivity contribution in [1.82, 2.24) is 0 Å². The van der Waals surface area contributed by atoms with E-state index in [1.807, 2.05) is 51.7 Å². The Morgan fingerprint density at radius 1 is 1.23 bits per heavy atom. The van der Waals surface area contributed by atoms with Crippen LogP contribution in [0.25, 0.3) is 0 Å². The lowest BCUT2D eigenvalue weighted by Crippen LogP contribution is -2.39. The van der Waals surface area contributed by atoms with E-state index in [2.05, 4.69) is 20.9 Å². The van der Waals surface area contributed by atoms with Crippen LogP contribution in [0.15, 0.2) is 21.6 Å². The van der Waals surface area contributed by atoms with Gasteiger partial charge in [-0.15, -0.1) is 0 Å². The number of aryl methyl sites for hydroxylation is 2. The topological polar surface area (TPSA) is 66.8 Å². The van der Waals surface area contributed by atoms with Crippen molar-refractivity contribution < 1.29 is 13.2 Å². The summed E-state index contributed by atoms with van der Waals surface area (Å²) in [6.07, 6.45) is 0. The molecule has 0 bridgehead atoms. The first-order valence-electron chi connectivity index (χ1n) is 8.45. The van der Waals surface area contributed by atoms with Crippen LogP contribution in [0.5, 0.6) is 0 Å². The van der Waals surface area contributed by atoms with Gasteiger partial charge in [-0.05, 0) is 37.1 Å². The summed E-state index contributed by atoms with van der Waals surface area (Å²) in [5.74, 6) is 0.0404. The van der Waals surface area contributed by atoms with Crippen molar-refractivity contribution in [3.05, 3.63) is 27.7 Å². The van der Waals surface area contributed by atoms with E-state index in [4.69, 9.17) is 0 Å². The van der Waals surface area contributed by atoms with E-state index in [0.29, 0.717) is 5.17 Å². The fourth-order valence-electron chi connectivity index (χ4n) is 3.36. The van der Waals surface area contributed by atoms with Gasteiger partial charge in [-0.1, -0.05) is 48.5 Å². The Kier molecular flexibility index (Phi) is 5.08. The lowest BCUT2D eigenvalue weighted by Gasteiger charge is -2.28. The summed E-state index contributed by atoms with van der Waals surface area (Å²) in [5, 5.41) is 0.525. The standard InChI is InChI=1S/C18H23BrN2O3S2/c1-10-6-12(19)7-11(2)15(10)21-13-8-26(23,24)9-14(13)25-17(21)20-16(22)18(3,4)5/h6-7,13-14H,8-9H2,1-5H3. The summed E-state index contributed by atoms with van der Waals surface area (Å²) >= 11 is 4.92. The number of amides is 1. The molecule has 1 amide bonds. The third kappa shape index (κ3) is 3.73. The average molecular weight is 459 g/mol. The quantitative estimate of drug-likeness (QED) is 0.641. The first-order valence-corrected chi connectivity index (χ1v) is 11.9. The molecule has 0 saturated carbocycles. The SMILES string of the molecule is Cc1cc(Br)cc(C)c1N1C(=NC(=O)C(C)(C)C)SC2CS(=O)(=O)CC21. The lowest BCUT2D eigenvalue weighted by atomic mass is 9.96. The summed E-state index contributed by atoms with van der Waals surface area (Å²) in [6.45, 7) is 9.51. The molecule has 0 radical (unpaired) electrons. The molecule has 2 fully saturated rings. The normalized spacial score (nSPS) is 26.4. The van der Waals surface area contributed by atoms with Gasteiger partial charge in [0.1, 0.15) is 0 Å². The molecule has 2 unspecified atom stereocenters. The molecule has 1 aromatic rings. The number of hydrogen-bond donors (Lipinski definition) is 0. The summed E-state index contributed by atoms with van der Waals surface area (Å²) < 4.78 is 25.3. The number of hydrogen-bond acceptors (Lipinski definition) is 4. The molecular formula is C18H23BrN2O3S2. The van der Waals surface area contributed by atoms with E-state index < -0.39 is 15.3 Å². The van der Waals surface area contributed by atoms with Crippen LogP contribution in [0.4, 0.5) is 5.69 Å². The first-order chi connectivity index (χ1) is 11.9. The Morgan fingerprint density at radius 2 is 1.81 bits per heavy atom. The van der Waals surface area contributed by atoms with E-state index in [1.165, 1.54) is 11.8 Å². The Bertz CT molecular complexity index is 880. The molecule has 142 valence electrons. The fraction of sp³-hybridized carbons (Fsp3) is 0.556. The van der Waals surface area contributed by atoms with Crippen LogP contribution in [0.1, 0.15) is 31.9 Å². The van der Waals surface area contributed by atoms with Gasteiger partial charge >= 0.3 is 0 Å². The highest BCUT2D eigenvalue weighted by atomic mass is 79.9. The number of aliphatic imine (C=N–C) groups is 1. The third-order valence-electron chi connectivity index (χ3n) is 4.60. The van der Waals surface area contributed by atoms with Gasteiger partial charge in [-0.3, -0.25) is 4.79 Å². The zero-order valence-electron chi connectivity index (χ0n) is 15.5. The van der Waals surface area contributed by atoms with E-state index in [9.17, 15) is 13.2 Å².